The van der Waals surface area contributed by atoms with Gasteiger partial charge in [0.05, 0.1) is 7.11 Å². The molecule has 0 saturated carbocycles. The van der Waals surface area contributed by atoms with Gasteiger partial charge < -0.3 is 19.9 Å². The van der Waals surface area contributed by atoms with Crippen molar-refractivity contribution in [3.63, 3.8) is 0 Å². The molecule has 0 fully saturated rings. The van der Waals surface area contributed by atoms with Crippen molar-refractivity contribution in [1.82, 2.24) is 15.1 Å². The van der Waals surface area contributed by atoms with Crippen LogP contribution in [0.4, 0.5) is 4.79 Å². The summed E-state index contributed by atoms with van der Waals surface area (Å²) >= 11 is 0. The predicted molar refractivity (Wildman–Crippen MR) is 90.4 cm³/mol. The van der Waals surface area contributed by atoms with E-state index in [9.17, 15) is 9.59 Å². The molecule has 1 aromatic rings. The Bertz CT molecular complexity index is 532. The molecule has 0 aromatic heterocycles. The average Bonchev–Trinajstić information content (AvgIpc) is 2.56. The number of methoxy groups -OCH3 is 1. The van der Waals surface area contributed by atoms with Crippen molar-refractivity contribution in [2.75, 3.05) is 27.7 Å². The number of amides is 3. The molecule has 0 spiro atoms. The Balaban J connectivity index is 2.75. The van der Waals surface area contributed by atoms with Crippen LogP contribution in [0.3, 0.4) is 0 Å². The lowest BCUT2D eigenvalue weighted by Crippen LogP contribution is -2.50. The van der Waals surface area contributed by atoms with Crippen LogP contribution in [0, 0.1) is 0 Å². The van der Waals surface area contributed by atoms with Gasteiger partial charge in [-0.25, -0.2) is 4.79 Å². The molecule has 6 nitrogen and oxygen atoms in total. The molecule has 1 atom stereocenters. The van der Waals surface area contributed by atoms with E-state index in [0.29, 0.717) is 19.5 Å². The predicted octanol–water partition coefficient (Wildman–Crippen LogP) is 2.09. The topological polar surface area (TPSA) is 61.9 Å². The van der Waals surface area contributed by atoms with Crippen LogP contribution in [0.25, 0.3) is 0 Å². The Labute approximate surface area is 138 Å². The molecule has 1 N–H and O–H groups in total. The smallest absolute Gasteiger partial charge is 0.318 e. The van der Waals surface area contributed by atoms with E-state index in [1.807, 2.05) is 38.1 Å². The van der Waals surface area contributed by atoms with E-state index in [-0.39, 0.29) is 11.9 Å². The summed E-state index contributed by atoms with van der Waals surface area (Å²) in [5, 5.41) is 2.81. The highest BCUT2D eigenvalue weighted by molar-refractivity contribution is 5.86. The Morgan fingerprint density at radius 3 is 2.48 bits per heavy atom. The van der Waals surface area contributed by atoms with Gasteiger partial charge in [-0.05, 0) is 31.0 Å². The van der Waals surface area contributed by atoms with Crippen LogP contribution in [0.2, 0.25) is 0 Å². The number of hydrogen-bond donors (Lipinski definition) is 1. The number of ether oxygens (including phenoxy) is 1. The molecule has 1 aromatic carbocycles. The molecule has 1 rings (SSSR count). The molecule has 0 aliphatic heterocycles. The molecular weight excluding hydrogens is 294 g/mol. The fourth-order valence-corrected chi connectivity index (χ4v) is 2.21. The van der Waals surface area contributed by atoms with Crippen LogP contribution in [0.5, 0.6) is 5.75 Å². The monoisotopic (exact) mass is 321 g/mol. The largest absolute Gasteiger partial charge is 0.497 e. The maximum Gasteiger partial charge on any atom is 0.318 e. The van der Waals surface area contributed by atoms with Gasteiger partial charge in [0.25, 0.3) is 0 Å². The quantitative estimate of drug-likeness (QED) is 0.836. The van der Waals surface area contributed by atoms with Gasteiger partial charge in [-0.2, -0.15) is 0 Å². The first-order valence-electron chi connectivity index (χ1n) is 7.82. The first-order chi connectivity index (χ1) is 10.9. The zero-order valence-corrected chi connectivity index (χ0v) is 14.6. The maximum atomic E-state index is 12.4. The summed E-state index contributed by atoms with van der Waals surface area (Å²) in [6.07, 6.45) is 0.555. The van der Waals surface area contributed by atoms with Crippen molar-refractivity contribution in [1.29, 1.82) is 0 Å². The molecule has 0 unspecified atom stereocenters. The third-order valence-corrected chi connectivity index (χ3v) is 3.62. The molecular formula is C17H27N3O3. The summed E-state index contributed by atoms with van der Waals surface area (Å²) in [5.41, 5.74) is 0.980. The standard InChI is InChI=1S/C17H27N3O3/c1-6-15(16(21)19(3)4)18-17(22)20(7-2)12-13-9-8-10-14(11-13)23-5/h8-11,15H,6-7,12H2,1-5H3,(H,18,22)/t15-/m1/s1. The van der Waals surface area contributed by atoms with Crippen molar-refractivity contribution >= 4 is 11.9 Å². The third-order valence-electron chi connectivity index (χ3n) is 3.62. The second-order valence-corrected chi connectivity index (χ2v) is 5.51. The zero-order chi connectivity index (χ0) is 17.4. The average molecular weight is 321 g/mol. The van der Waals surface area contributed by atoms with Crippen LogP contribution in [0.15, 0.2) is 24.3 Å². The van der Waals surface area contributed by atoms with Gasteiger partial charge in [0.15, 0.2) is 0 Å². The van der Waals surface area contributed by atoms with Crippen molar-refractivity contribution in [2.24, 2.45) is 0 Å². The van der Waals surface area contributed by atoms with Crippen LogP contribution in [0.1, 0.15) is 25.8 Å². The van der Waals surface area contributed by atoms with E-state index in [1.54, 1.807) is 26.1 Å². The first-order valence-corrected chi connectivity index (χ1v) is 7.82. The third kappa shape index (κ3) is 5.47. The summed E-state index contributed by atoms with van der Waals surface area (Å²) < 4.78 is 5.20. The highest BCUT2D eigenvalue weighted by Crippen LogP contribution is 2.14. The number of likely N-dealkylation sites (N-methyl/N-ethyl adjacent to an activating group) is 1. The minimum absolute atomic E-state index is 0.0988. The number of carbonyl (C=O) groups is 2. The minimum Gasteiger partial charge on any atom is -0.497 e. The fraction of sp³-hybridized carbons (Fsp3) is 0.529. The fourth-order valence-electron chi connectivity index (χ4n) is 2.21. The number of nitrogens with zero attached hydrogens (tertiary/aromatic N) is 2. The Hall–Kier alpha value is -2.24. The van der Waals surface area contributed by atoms with Gasteiger partial charge >= 0.3 is 6.03 Å². The highest BCUT2D eigenvalue weighted by Gasteiger charge is 2.22. The maximum absolute atomic E-state index is 12.4. The summed E-state index contributed by atoms with van der Waals surface area (Å²) in [7, 11) is 4.98. The van der Waals surface area contributed by atoms with Crippen LogP contribution in [-0.4, -0.2) is 55.5 Å². The number of urea groups is 1. The number of hydrogen-bond acceptors (Lipinski definition) is 3. The Morgan fingerprint density at radius 1 is 1.26 bits per heavy atom. The molecule has 3 amide bonds. The van der Waals surface area contributed by atoms with Gasteiger partial charge in [0.1, 0.15) is 11.8 Å². The first kappa shape index (κ1) is 18.8. The number of benzene rings is 1. The van der Waals surface area contributed by atoms with Gasteiger partial charge in [0, 0.05) is 27.2 Å². The van der Waals surface area contributed by atoms with E-state index < -0.39 is 6.04 Å². The van der Waals surface area contributed by atoms with Crippen LogP contribution < -0.4 is 10.1 Å². The lowest BCUT2D eigenvalue weighted by molar-refractivity contribution is -0.130. The molecule has 0 bridgehead atoms. The van der Waals surface area contributed by atoms with E-state index in [1.165, 1.54) is 4.90 Å². The van der Waals surface area contributed by atoms with Crippen molar-refractivity contribution in [3.05, 3.63) is 29.8 Å². The van der Waals surface area contributed by atoms with Gasteiger partial charge in [-0.15, -0.1) is 0 Å². The molecule has 23 heavy (non-hydrogen) atoms. The highest BCUT2D eigenvalue weighted by atomic mass is 16.5. The van der Waals surface area contributed by atoms with E-state index in [2.05, 4.69) is 5.32 Å². The molecule has 0 radical (unpaired) electrons. The number of rotatable bonds is 7. The van der Waals surface area contributed by atoms with Crippen LogP contribution >= 0.6 is 0 Å². The summed E-state index contributed by atoms with van der Waals surface area (Å²) in [6.45, 7) is 4.81. The van der Waals surface area contributed by atoms with E-state index in [4.69, 9.17) is 4.74 Å². The molecule has 0 heterocycles. The zero-order valence-electron chi connectivity index (χ0n) is 14.6. The Kier molecular flexibility index (Phi) is 7.38. The minimum atomic E-state index is -0.503. The lowest BCUT2D eigenvalue weighted by Gasteiger charge is -2.26. The molecule has 0 aliphatic rings. The van der Waals surface area contributed by atoms with Crippen molar-refractivity contribution in [2.45, 2.75) is 32.9 Å². The second-order valence-electron chi connectivity index (χ2n) is 5.51. The molecule has 0 saturated heterocycles. The van der Waals surface area contributed by atoms with Gasteiger partial charge in [-0.3, -0.25) is 4.79 Å². The summed E-state index contributed by atoms with van der Waals surface area (Å²) in [4.78, 5) is 27.6. The van der Waals surface area contributed by atoms with Gasteiger partial charge in [0.2, 0.25) is 5.91 Å². The molecule has 0 aliphatic carbocycles. The molecule has 6 heteroatoms. The van der Waals surface area contributed by atoms with Gasteiger partial charge in [-0.1, -0.05) is 19.1 Å². The van der Waals surface area contributed by atoms with Crippen LogP contribution in [-0.2, 0) is 11.3 Å². The van der Waals surface area contributed by atoms with Crippen molar-refractivity contribution in [3.8, 4) is 5.75 Å². The summed E-state index contributed by atoms with van der Waals surface area (Å²) in [6, 6.07) is 6.86. The summed E-state index contributed by atoms with van der Waals surface area (Å²) in [5.74, 6) is 0.659. The normalized spacial score (nSPS) is 11.5. The number of carbonyl (C=O) groups excluding carboxylic acids is 2. The van der Waals surface area contributed by atoms with Crippen molar-refractivity contribution < 1.29 is 14.3 Å². The van der Waals surface area contributed by atoms with E-state index in [0.717, 1.165) is 11.3 Å². The SMILES string of the molecule is CC[C@@H](NC(=O)N(CC)Cc1cccc(OC)c1)C(=O)N(C)C. The molecule has 128 valence electrons. The number of nitrogens with one attached hydrogen (secondary N) is 1. The second kappa shape index (κ2) is 9.02. The Morgan fingerprint density at radius 2 is 1.96 bits per heavy atom. The van der Waals surface area contributed by atoms with E-state index >= 15 is 0 Å². The lowest BCUT2D eigenvalue weighted by atomic mass is 10.2.